The van der Waals surface area contributed by atoms with Gasteiger partial charge >= 0.3 is 0 Å². The summed E-state index contributed by atoms with van der Waals surface area (Å²) in [4.78, 5) is 3.56. The van der Waals surface area contributed by atoms with Gasteiger partial charge in [-0.2, -0.15) is 0 Å². The zero-order valence-corrected chi connectivity index (χ0v) is 12.1. The van der Waals surface area contributed by atoms with Crippen LogP contribution in [0.4, 0.5) is 4.39 Å². The topological polar surface area (TPSA) is 24.5 Å². The fraction of sp³-hybridized carbons (Fsp3) is 0.571. The summed E-state index contributed by atoms with van der Waals surface area (Å²) in [7, 11) is 1.95. The number of hydrogen-bond acceptors (Lipinski definition) is 4. The van der Waals surface area contributed by atoms with Gasteiger partial charge in [0.2, 0.25) is 0 Å². The molecule has 1 fully saturated rings. The molecule has 5 heteroatoms. The van der Waals surface area contributed by atoms with E-state index < -0.39 is 0 Å². The van der Waals surface area contributed by atoms with Gasteiger partial charge in [0.15, 0.2) is 0 Å². The Hall–Kier alpha value is -0.620. The number of ether oxygens (including phenoxy) is 1. The molecule has 0 aromatic heterocycles. The van der Waals surface area contributed by atoms with Crippen LogP contribution in [0.25, 0.3) is 0 Å². The van der Waals surface area contributed by atoms with Crippen LogP contribution in [0.2, 0.25) is 0 Å². The molecule has 0 spiro atoms. The first-order valence-electron chi connectivity index (χ1n) is 6.65. The molecule has 2 rings (SSSR count). The van der Waals surface area contributed by atoms with Crippen LogP contribution in [-0.2, 0) is 4.74 Å². The average molecular weight is 284 g/mol. The Morgan fingerprint density at radius 3 is 2.95 bits per heavy atom. The van der Waals surface area contributed by atoms with Crippen LogP contribution in [-0.4, -0.2) is 56.6 Å². The molecule has 1 aliphatic rings. The Morgan fingerprint density at radius 1 is 1.42 bits per heavy atom. The minimum absolute atomic E-state index is 0.174. The quantitative estimate of drug-likeness (QED) is 0.806. The summed E-state index contributed by atoms with van der Waals surface area (Å²) in [5.41, 5.74) is 0. The summed E-state index contributed by atoms with van der Waals surface area (Å²) >= 11 is 1.77. The van der Waals surface area contributed by atoms with E-state index in [1.807, 2.05) is 19.2 Å². The summed E-state index contributed by atoms with van der Waals surface area (Å²) in [6, 6.07) is 6.70. The first-order valence-corrected chi connectivity index (χ1v) is 7.63. The molecule has 1 aromatic rings. The highest BCUT2D eigenvalue weighted by Crippen LogP contribution is 2.18. The molecule has 3 nitrogen and oxygen atoms in total. The zero-order chi connectivity index (χ0) is 13.5. The van der Waals surface area contributed by atoms with E-state index in [0.717, 1.165) is 43.4 Å². The summed E-state index contributed by atoms with van der Waals surface area (Å²) in [5.74, 6) is 0.852. The van der Waals surface area contributed by atoms with Crippen molar-refractivity contribution < 1.29 is 9.13 Å². The van der Waals surface area contributed by atoms with Crippen LogP contribution in [0.1, 0.15) is 0 Å². The maximum atomic E-state index is 12.8. The summed E-state index contributed by atoms with van der Waals surface area (Å²) in [5, 5.41) is 3.15. The predicted octanol–water partition coefficient (Wildman–Crippen LogP) is 1.84. The fourth-order valence-electron chi connectivity index (χ4n) is 2.16. The molecule has 1 atom stereocenters. The molecule has 0 amide bonds. The third kappa shape index (κ3) is 5.10. The second-order valence-electron chi connectivity index (χ2n) is 4.65. The monoisotopic (exact) mass is 284 g/mol. The Bertz CT molecular complexity index is 372. The van der Waals surface area contributed by atoms with Gasteiger partial charge in [-0.3, -0.25) is 4.90 Å². The van der Waals surface area contributed by atoms with Crippen molar-refractivity contribution in [3.8, 4) is 0 Å². The lowest BCUT2D eigenvalue weighted by molar-refractivity contribution is -0.0240. The lowest BCUT2D eigenvalue weighted by Gasteiger charge is -2.32. The van der Waals surface area contributed by atoms with Gasteiger partial charge in [0, 0.05) is 36.8 Å². The molecule has 0 radical (unpaired) electrons. The fourth-order valence-corrected chi connectivity index (χ4v) is 3.07. The maximum Gasteiger partial charge on any atom is 0.123 e. The average Bonchev–Trinajstić information content (AvgIpc) is 2.42. The second-order valence-corrected chi connectivity index (χ2v) is 5.82. The van der Waals surface area contributed by atoms with Crippen LogP contribution >= 0.6 is 11.8 Å². The van der Waals surface area contributed by atoms with Gasteiger partial charge in [0.1, 0.15) is 5.82 Å². The van der Waals surface area contributed by atoms with Crippen LogP contribution in [0, 0.1) is 5.82 Å². The first kappa shape index (κ1) is 14.8. The van der Waals surface area contributed by atoms with Crippen molar-refractivity contribution in [2.45, 2.75) is 11.0 Å². The minimum Gasteiger partial charge on any atom is -0.374 e. The second kappa shape index (κ2) is 7.85. The summed E-state index contributed by atoms with van der Waals surface area (Å²) in [6.07, 6.45) is 0.301. The molecule has 1 N–H and O–H groups in total. The molecular weight excluding hydrogens is 263 g/mol. The van der Waals surface area contributed by atoms with Crippen molar-refractivity contribution in [1.82, 2.24) is 10.2 Å². The predicted molar refractivity (Wildman–Crippen MR) is 77.2 cm³/mol. The molecule has 0 aliphatic carbocycles. The van der Waals surface area contributed by atoms with Crippen LogP contribution in [0.5, 0.6) is 0 Å². The molecule has 1 heterocycles. The normalized spacial score (nSPS) is 20.6. The highest BCUT2D eigenvalue weighted by Gasteiger charge is 2.19. The lowest BCUT2D eigenvalue weighted by atomic mass is 10.2. The van der Waals surface area contributed by atoms with Crippen molar-refractivity contribution in [1.29, 1.82) is 0 Å². The van der Waals surface area contributed by atoms with Gasteiger partial charge in [-0.25, -0.2) is 4.39 Å². The molecule has 1 aliphatic heterocycles. The van der Waals surface area contributed by atoms with E-state index in [4.69, 9.17) is 4.74 Å². The minimum atomic E-state index is -0.174. The number of morpholine rings is 1. The third-order valence-electron chi connectivity index (χ3n) is 3.14. The molecule has 0 saturated carbocycles. The SMILES string of the molecule is CNCC1CN(CCSc2ccc(F)cc2)CCO1. The van der Waals surface area contributed by atoms with Gasteiger partial charge in [-0.15, -0.1) is 11.8 Å². The smallest absolute Gasteiger partial charge is 0.123 e. The van der Waals surface area contributed by atoms with Gasteiger partial charge in [-0.05, 0) is 31.3 Å². The molecule has 1 saturated heterocycles. The Kier molecular flexibility index (Phi) is 6.10. The van der Waals surface area contributed by atoms with Crippen molar-refractivity contribution in [2.24, 2.45) is 0 Å². The van der Waals surface area contributed by atoms with Gasteiger partial charge in [0.05, 0.1) is 12.7 Å². The standard InChI is InChI=1S/C14H21FN2OS/c1-16-10-13-11-17(6-8-18-13)7-9-19-14-4-2-12(15)3-5-14/h2-5,13,16H,6-11H2,1H3. The first-order chi connectivity index (χ1) is 9.28. The molecular formula is C14H21FN2OS. The Morgan fingerprint density at radius 2 is 2.21 bits per heavy atom. The van der Waals surface area contributed by atoms with E-state index in [1.54, 1.807) is 11.8 Å². The molecule has 19 heavy (non-hydrogen) atoms. The maximum absolute atomic E-state index is 12.8. The largest absolute Gasteiger partial charge is 0.374 e. The lowest BCUT2D eigenvalue weighted by Crippen LogP contribution is -2.46. The Labute approximate surface area is 118 Å². The van der Waals surface area contributed by atoms with E-state index in [2.05, 4.69) is 10.2 Å². The number of rotatable bonds is 6. The van der Waals surface area contributed by atoms with Gasteiger partial charge < -0.3 is 10.1 Å². The van der Waals surface area contributed by atoms with Crippen molar-refractivity contribution in [2.75, 3.05) is 45.6 Å². The highest BCUT2D eigenvalue weighted by atomic mass is 32.2. The summed E-state index contributed by atoms with van der Waals surface area (Å²) < 4.78 is 18.5. The zero-order valence-electron chi connectivity index (χ0n) is 11.3. The Balaban J connectivity index is 1.69. The van der Waals surface area contributed by atoms with Crippen molar-refractivity contribution in [3.63, 3.8) is 0 Å². The van der Waals surface area contributed by atoms with Crippen molar-refractivity contribution in [3.05, 3.63) is 30.1 Å². The molecule has 1 aromatic carbocycles. The van der Waals surface area contributed by atoms with E-state index in [0.29, 0.717) is 6.10 Å². The number of nitrogens with zero attached hydrogens (tertiary/aromatic N) is 1. The third-order valence-corrected chi connectivity index (χ3v) is 4.14. The van der Waals surface area contributed by atoms with E-state index in [9.17, 15) is 4.39 Å². The number of nitrogens with one attached hydrogen (secondary N) is 1. The van der Waals surface area contributed by atoms with E-state index in [-0.39, 0.29) is 5.82 Å². The number of benzene rings is 1. The van der Waals surface area contributed by atoms with Gasteiger partial charge in [0.25, 0.3) is 0 Å². The number of thioether (sulfide) groups is 1. The number of hydrogen-bond donors (Lipinski definition) is 1. The van der Waals surface area contributed by atoms with Crippen LogP contribution in [0.15, 0.2) is 29.2 Å². The summed E-state index contributed by atoms with van der Waals surface area (Å²) in [6.45, 7) is 4.76. The highest BCUT2D eigenvalue weighted by molar-refractivity contribution is 7.99. The number of likely N-dealkylation sites (N-methyl/N-ethyl adjacent to an activating group) is 1. The van der Waals surface area contributed by atoms with E-state index >= 15 is 0 Å². The van der Waals surface area contributed by atoms with Crippen LogP contribution in [0.3, 0.4) is 0 Å². The molecule has 106 valence electrons. The van der Waals surface area contributed by atoms with Crippen molar-refractivity contribution >= 4 is 11.8 Å². The molecule has 0 bridgehead atoms. The molecule has 1 unspecified atom stereocenters. The number of halogens is 1. The van der Waals surface area contributed by atoms with Gasteiger partial charge in [-0.1, -0.05) is 0 Å². The van der Waals surface area contributed by atoms with Crippen LogP contribution < -0.4 is 5.32 Å². The van der Waals surface area contributed by atoms with E-state index in [1.165, 1.54) is 12.1 Å².